The fourth-order valence-electron chi connectivity index (χ4n) is 2.79. The molecule has 0 amide bonds. The van der Waals surface area contributed by atoms with Gasteiger partial charge in [0, 0.05) is 23.0 Å². The van der Waals surface area contributed by atoms with E-state index in [1.54, 1.807) is 6.07 Å². The van der Waals surface area contributed by atoms with Crippen LogP contribution in [0.4, 0.5) is 4.39 Å². The highest BCUT2D eigenvalue weighted by molar-refractivity contribution is 6.31. The van der Waals surface area contributed by atoms with Crippen LogP contribution in [0.5, 0.6) is 5.75 Å². The normalized spacial score (nSPS) is 14.6. The van der Waals surface area contributed by atoms with Crippen LogP contribution >= 0.6 is 11.6 Å². The van der Waals surface area contributed by atoms with Crippen molar-refractivity contribution in [3.8, 4) is 5.75 Å². The number of fused-ring (bicyclic) bond motifs is 1. The van der Waals surface area contributed by atoms with Crippen LogP contribution in [0.15, 0.2) is 36.4 Å². The van der Waals surface area contributed by atoms with Gasteiger partial charge < -0.3 is 10.1 Å². The first-order valence-electron chi connectivity index (χ1n) is 7.05. The van der Waals surface area contributed by atoms with Crippen molar-refractivity contribution in [3.63, 3.8) is 0 Å². The Morgan fingerprint density at radius 1 is 1.33 bits per heavy atom. The Balaban J connectivity index is 1.91. The molecule has 2 nitrogen and oxygen atoms in total. The maximum absolute atomic E-state index is 13.1. The smallest absolute Gasteiger partial charge is 0.127 e. The van der Waals surface area contributed by atoms with Crippen LogP contribution in [0.3, 0.4) is 0 Å². The molecule has 0 fully saturated rings. The van der Waals surface area contributed by atoms with Crippen LogP contribution < -0.4 is 10.1 Å². The van der Waals surface area contributed by atoms with Gasteiger partial charge in [-0.15, -0.1) is 0 Å². The van der Waals surface area contributed by atoms with E-state index in [4.69, 9.17) is 16.3 Å². The van der Waals surface area contributed by atoms with Crippen LogP contribution in [0.25, 0.3) is 0 Å². The third-order valence-corrected chi connectivity index (χ3v) is 4.26. The molecule has 0 saturated carbocycles. The minimum Gasteiger partial charge on any atom is -0.493 e. The van der Waals surface area contributed by atoms with Gasteiger partial charge in [-0.3, -0.25) is 0 Å². The Morgan fingerprint density at radius 2 is 2.19 bits per heavy atom. The second-order valence-corrected chi connectivity index (χ2v) is 5.62. The van der Waals surface area contributed by atoms with E-state index in [1.807, 2.05) is 7.05 Å². The van der Waals surface area contributed by atoms with Crippen molar-refractivity contribution in [2.75, 3.05) is 13.7 Å². The number of halogens is 2. The number of hydrogen-bond acceptors (Lipinski definition) is 2. The van der Waals surface area contributed by atoms with E-state index in [0.717, 1.165) is 29.9 Å². The van der Waals surface area contributed by atoms with Gasteiger partial charge in [-0.2, -0.15) is 0 Å². The molecule has 0 saturated heterocycles. The topological polar surface area (TPSA) is 21.3 Å². The standard InChI is InChI=1S/C17H17ClFNO/c1-20-16(9-12-5-6-13(19)10-15(12)18)14-4-2-3-11-7-8-21-17(11)14/h2-6,10,16,20H,7-9H2,1H3. The highest BCUT2D eigenvalue weighted by Crippen LogP contribution is 2.35. The molecule has 0 spiro atoms. The SMILES string of the molecule is CNC(Cc1ccc(F)cc1Cl)c1cccc2c1OCC2. The van der Waals surface area contributed by atoms with Crippen molar-refractivity contribution >= 4 is 11.6 Å². The van der Waals surface area contributed by atoms with E-state index in [2.05, 4.69) is 23.5 Å². The molecule has 2 aromatic carbocycles. The third kappa shape index (κ3) is 2.89. The maximum atomic E-state index is 13.1. The van der Waals surface area contributed by atoms with Crippen LogP contribution in [-0.2, 0) is 12.8 Å². The average Bonchev–Trinajstić information content (AvgIpc) is 2.95. The zero-order valence-electron chi connectivity index (χ0n) is 11.8. The molecule has 1 aliphatic rings. The van der Waals surface area contributed by atoms with Crippen LogP contribution in [0, 0.1) is 5.82 Å². The Bertz CT molecular complexity index is 659. The molecule has 2 aromatic rings. The molecule has 0 aliphatic carbocycles. The van der Waals surface area contributed by atoms with Gasteiger partial charge in [0.15, 0.2) is 0 Å². The monoisotopic (exact) mass is 305 g/mol. The first-order valence-corrected chi connectivity index (χ1v) is 7.42. The molecule has 1 unspecified atom stereocenters. The first-order chi connectivity index (χ1) is 10.2. The minimum absolute atomic E-state index is 0.0843. The molecular formula is C17H17ClFNO. The Labute approximate surface area is 128 Å². The predicted octanol–water partition coefficient (Wildman–Crippen LogP) is 3.92. The van der Waals surface area contributed by atoms with Gasteiger partial charge in [0.05, 0.1) is 6.61 Å². The lowest BCUT2D eigenvalue weighted by molar-refractivity contribution is 0.349. The van der Waals surface area contributed by atoms with Crippen LogP contribution in [-0.4, -0.2) is 13.7 Å². The molecule has 0 radical (unpaired) electrons. The summed E-state index contributed by atoms with van der Waals surface area (Å²) in [4.78, 5) is 0. The summed E-state index contributed by atoms with van der Waals surface area (Å²) >= 11 is 6.14. The van der Waals surface area contributed by atoms with Crippen molar-refractivity contribution in [1.82, 2.24) is 5.32 Å². The lowest BCUT2D eigenvalue weighted by Crippen LogP contribution is -2.19. The van der Waals surface area contributed by atoms with Crippen molar-refractivity contribution in [3.05, 3.63) is 63.9 Å². The fourth-order valence-corrected chi connectivity index (χ4v) is 3.03. The number of para-hydroxylation sites is 1. The molecule has 0 bridgehead atoms. The van der Waals surface area contributed by atoms with Gasteiger partial charge in [0.1, 0.15) is 11.6 Å². The molecule has 110 valence electrons. The maximum Gasteiger partial charge on any atom is 0.127 e. The average molecular weight is 306 g/mol. The lowest BCUT2D eigenvalue weighted by Gasteiger charge is -2.20. The molecule has 3 rings (SSSR count). The lowest BCUT2D eigenvalue weighted by atomic mass is 9.96. The predicted molar refractivity (Wildman–Crippen MR) is 82.6 cm³/mol. The fraction of sp³-hybridized carbons (Fsp3) is 0.294. The Hall–Kier alpha value is -1.58. The van der Waals surface area contributed by atoms with Crippen molar-refractivity contribution in [1.29, 1.82) is 0 Å². The second-order valence-electron chi connectivity index (χ2n) is 5.22. The zero-order chi connectivity index (χ0) is 14.8. The quantitative estimate of drug-likeness (QED) is 0.924. The number of rotatable bonds is 4. The highest BCUT2D eigenvalue weighted by atomic mass is 35.5. The van der Waals surface area contributed by atoms with Gasteiger partial charge in [-0.25, -0.2) is 4.39 Å². The Kier molecular flexibility index (Phi) is 4.13. The molecule has 1 heterocycles. The van der Waals surface area contributed by atoms with E-state index in [9.17, 15) is 4.39 Å². The number of nitrogens with one attached hydrogen (secondary N) is 1. The molecule has 0 aromatic heterocycles. The van der Waals surface area contributed by atoms with Gasteiger partial charge >= 0.3 is 0 Å². The van der Waals surface area contributed by atoms with Gasteiger partial charge in [0.25, 0.3) is 0 Å². The first kappa shape index (κ1) is 14.4. The zero-order valence-corrected chi connectivity index (χ0v) is 12.6. The number of hydrogen-bond donors (Lipinski definition) is 1. The minimum atomic E-state index is -0.311. The highest BCUT2D eigenvalue weighted by Gasteiger charge is 2.22. The molecule has 4 heteroatoms. The van der Waals surface area contributed by atoms with Crippen LogP contribution in [0.2, 0.25) is 5.02 Å². The summed E-state index contributed by atoms with van der Waals surface area (Å²) in [7, 11) is 1.91. The van der Waals surface area contributed by atoms with E-state index >= 15 is 0 Å². The van der Waals surface area contributed by atoms with Crippen molar-refractivity contribution < 1.29 is 9.13 Å². The summed E-state index contributed by atoms with van der Waals surface area (Å²) < 4.78 is 18.9. The molecule has 1 atom stereocenters. The number of likely N-dealkylation sites (N-methyl/N-ethyl adjacent to an activating group) is 1. The van der Waals surface area contributed by atoms with Crippen molar-refractivity contribution in [2.45, 2.75) is 18.9 Å². The second kappa shape index (κ2) is 6.04. The van der Waals surface area contributed by atoms with Gasteiger partial charge in [-0.1, -0.05) is 35.9 Å². The summed E-state index contributed by atoms with van der Waals surface area (Å²) in [5.74, 6) is 0.670. The molecular weight excluding hydrogens is 289 g/mol. The number of ether oxygens (including phenoxy) is 1. The molecule has 21 heavy (non-hydrogen) atoms. The largest absolute Gasteiger partial charge is 0.493 e. The van der Waals surface area contributed by atoms with E-state index in [-0.39, 0.29) is 11.9 Å². The summed E-state index contributed by atoms with van der Waals surface area (Å²) in [6.07, 6.45) is 1.65. The van der Waals surface area contributed by atoms with Crippen LogP contribution in [0.1, 0.15) is 22.7 Å². The summed E-state index contributed by atoms with van der Waals surface area (Å²) in [6.45, 7) is 0.736. The summed E-state index contributed by atoms with van der Waals surface area (Å²) in [5.41, 5.74) is 3.30. The van der Waals surface area contributed by atoms with E-state index in [1.165, 1.54) is 17.7 Å². The Morgan fingerprint density at radius 3 is 2.95 bits per heavy atom. The molecule has 1 N–H and O–H groups in total. The summed E-state index contributed by atoms with van der Waals surface area (Å²) in [6, 6.07) is 10.9. The van der Waals surface area contributed by atoms with Gasteiger partial charge in [-0.05, 0) is 36.7 Å². The van der Waals surface area contributed by atoms with E-state index in [0.29, 0.717) is 11.4 Å². The van der Waals surface area contributed by atoms with Crippen molar-refractivity contribution in [2.24, 2.45) is 0 Å². The molecule has 1 aliphatic heterocycles. The van der Waals surface area contributed by atoms with E-state index < -0.39 is 0 Å². The summed E-state index contributed by atoms with van der Waals surface area (Å²) in [5, 5.41) is 3.77. The number of benzene rings is 2. The third-order valence-electron chi connectivity index (χ3n) is 3.91. The van der Waals surface area contributed by atoms with Gasteiger partial charge in [0.2, 0.25) is 0 Å².